The molecule has 138 valence electrons. The average Bonchev–Trinajstić information content (AvgIpc) is 3.15. The lowest BCUT2D eigenvalue weighted by Gasteiger charge is -2.11. The van der Waals surface area contributed by atoms with Crippen molar-refractivity contribution >= 4 is 10.9 Å². The molecule has 2 heterocycles. The number of nitrogens with zero attached hydrogens (tertiary/aromatic N) is 3. The summed E-state index contributed by atoms with van der Waals surface area (Å²) in [6, 6.07) is 8.67. The smallest absolute Gasteiger partial charge is 0.348 e. The number of nitrogens with one attached hydrogen (secondary N) is 1. The van der Waals surface area contributed by atoms with E-state index in [4.69, 9.17) is 0 Å². The Labute approximate surface area is 155 Å². The van der Waals surface area contributed by atoms with E-state index < -0.39 is 5.69 Å². The number of phenolic OH excluding ortho intramolecular Hbond substituents is 2. The quantitative estimate of drug-likeness (QED) is 0.521. The Kier molecular flexibility index (Phi) is 3.80. The zero-order valence-corrected chi connectivity index (χ0v) is 15.3. The Morgan fingerprint density at radius 3 is 2.67 bits per heavy atom. The molecule has 2 aromatic heterocycles. The molecule has 0 radical (unpaired) electrons. The molecule has 4 rings (SSSR count). The molecule has 0 spiro atoms. The van der Waals surface area contributed by atoms with Crippen LogP contribution in [-0.4, -0.2) is 29.5 Å². The third-order valence-corrected chi connectivity index (χ3v) is 4.92. The van der Waals surface area contributed by atoms with E-state index in [2.05, 4.69) is 10.2 Å². The number of benzene rings is 2. The summed E-state index contributed by atoms with van der Waals surface area (Å²) in [5, 5.41) is 27.9. The number of H-pyrrole nitrogens is 1. The third-order valence-electron chi connectivity index (χ3n) is 4.92. The maximum atomic E-state index is 12.5. The van der Waals surface area contributed by atoms with E-state index in [0.717, 1.165) is 16.5 Å². The standard InChI is InChI=1S/C20H20N4O3/c1-4-12-7-15(18(26)9-17(12)25)19-21-22-20(27)24(19)13-5-6-16-14(8-13)11(2)10-23(16)3/h5-10,25-26H,4H2,1-3H3,(H,22,27). The summed E-state index contributed by atoms with van der Waals surface area (Å²) in [7, 11) is 1.98. The van der Waals surface area contributed by atoms with Gasteiger partial charge in [0.05, 0.1) is 11.3 Å². The van der Waals surface area contributed by atoms with Gasteiger partial charge in [-0.15, -0.1) is 0 Å². The van der Waals surface area contributed by atoms with Crippen LogP contribution in [0.15, 0.2) is 41.3 Å². The van der Waals surface area contributed by atoms with Crippen molar-refractivity contribution in [1.82, 2.24) is 19.3 Å². The van der Waals surface area contributed by atoms with Gasteiger partial charge in [-0.3, -0.25) is 0 Å². The van der Waals surface area contributed by atoms with Gasteiger partial charge in [-0.25, -0.2) is 14.5 Å². The topological polar surface area (TPSA) is 96.1 Å². The number of hydrogen-bond acceptors (Lipinski definition) is 4. The van der Waals surface area contributed by atoms with Gasteiger partial charge >= 0.3 is 5.69 Å². The molecule has 7 heteroatoms. The first-order valence-corrected chi connectivity index (χ1v) is 8.69. The van der Waals surface area contributed by atoms with Crippen LogP contribution in [0.3, 0.4) is 0 Å². The Balaban J connectivity index is 1.96. The lowest BCUT2D eigenvalue weighted by Crippen LogP contribution is -2.15. The highest BCUT2D eigenvalue weighted by Crippen LogP contribution is 2.35. The van der Waals surface area contributed by atoms with Gasteiger partial charge in [0.1, 0.15) is 11.5 Å². The molecular weight excluding hydrogens is 344 g/mol. The second kappa shape index (κ2) is 6.05. The van der Waals surface area contributed by atoms with Crippen molar-refractivity contribution in [2.75, 3.05) is 0 Å². The van der Waals surface area contributed by atoms with E-state index in [1.165, 1.54) is 10.6 Å². The average molecular weight is 364 g/mol. The highest BCUT2D eigenvalue weighted by atomic mass is 16.3. The van der Waals surface area contributed by atoms with Crippen molar-refractivity contribution in [3.63, 3.8) is 0 Å². The SMILES string of the molecule is CCc1cc(-c2n[nH]c(=O)n2-c2ccc3c(c2)c(C)cn3C)c(O)cc1O. The second-order valence-corrected chi connectivity index (χ2v) is 6.66. The molecule has 2 aromatic carbocycles. The van der Waals surface area contributed by atoms with Crippen molar-refractivity contribution in [1.29, 1.82) is 0 Å². The first-order chi connectivity index (χ1) is 12.9. The van der Waals surface area contributed by atoms with Crippen LogP contribution in [0.25, 0.3) is 28.0 Å². The number of rotatable bonds is 3. The molecule has 0 amide bonds. The first-order valence-electron chi connectivity index (χ1n) is 8.69. The van der Waals surface area contributed by atoms with Crippen LogP contribution in [0.1, 0.15) is 18.1 Å². The summed E-state index contributed by atoms with van der Waals surface area (Å²) in [5.41, 5.74) is 3.47. The number of hydrogen-bond donors (Lipinski definition) is 3. The van der Waals surface area contributed by atoms with Crippen LogP contribution >= 0.6 is 0 Å². The van der Waals surface area contributed by atoms with Crippen LogP contribution in [0.5, 0.6) is 11.5 Å². The molecule has 3 N–H and O–H groups in total. The molecule has 0 aliphatic rings. The van der Waals surface area contributed by atoms with Crippen LogP contribution in [0.4, 0.5) is 0 Å². The molecule has 4 aromatic rings. The number of phenols is 2. The van der Waals surface area contributed by atoms with Gasteiger partial charge in [0, 0.05) is 30.2 Å². The van der Waals surface area contributed by atoms with Crippen molar-refractivity contribution in [3.05, 3.63) is 58.1 Å². The molecule has 0 aliphatic carbocycles. The van der Waals surface area contributed by atoms with Crippen molar-refractivity contribution in [3.8, 4) is 28.6 Å². The number of fused-ring (bicyclic) bond motifs is 1. The van der Waals surface area contributed by atoms with Crippen LogP contribution < -0.4 is 5.69 Å². The zero-order chi connectivity index (χ0) is 19.3. The fraction of sp³-hybridized carbons (Fsp3) is 0.200. The van der Waals surface area contributed by atoms with E-state index in [1.54, 1.807) is 6.07 Å². The molecule has 27 heavy (non-hydrogen) atoms. The van der Waals surface area contributed by atoms with Crippen LogP contribution in [0.2, 0.25) is 0 Å². The lowest BCUT2D eigenvalue weighted by atomic mass is 10.1. The van der Waals surface area contributed by atoms with E-state index in [-0.39, 0.29) is 11.5 Å². The van der Waals surface area contributed by atoms with Gasteiger partial charge in [-0.1, -0.05) is 6.92 Å². The maximum absolute atomic E-state index is 12.5. The summed E-state index contributed by atoms with van der Waals surface area (Å²) in [5.74, 6) is 0.173. The van der Waals surface area contributed by atoms with Crippen molar-refractivity contribution in [2.45, 2.75) is 20.3 Å². The van der Waals surface area contributed by atoms with E-state index in [0.29, 0.717) is 29.1 Å². The van der Waals surface area contributed by atoms with Crippen LogP contribution in [0, 0.1) is 6.92 Å². The summed E-state index contributed by atoms with van der Waals surface area (Å²) < 4.78 is 3.46. The predicted molar refractivity (Wildman–Crippen MR) is 104 cm³/mol. The Bertz CT molecular complexity index is 1230. The van der Waals surface area contributed by atoms with Gasteiger partial charge in [-0.2, -0.15) is 5.10 Å². The molecule has 0 atom stereocenters. The van der Waals surface area contributed by atoms with Gasteiger partial charge in [0.2, 0.25) is 0 Å². The Morgan fingerprint density at radius 2 is 1.93 bits per heavy atom. The van der Waals surface area contributed by atoms with Gasteiger partial charge in [0.25, 0.3) is 0 Å². The normalized spacial score (nSPS) is 11.4. The summed E-state index contributed by atoms with van der Waals surface area (Å²) in [6.07, 6.45) is 2.62. The van der Waals surface area contributed by atoms with Gasteiger partial charge in [0.15, 0.2) is 5.82 Å². The molecule has 0 fully saturated rings. The highest BCUT2D eigenvalue weighted by Gasteiger charge is 2.18. The number of aryl methyl sites for hydroxylation is 3. The number of aromatic hydroxyl groups is 2. The molecule has 7 nitrogen and oxygen atoms in total. The fourth-order valence-electron chi connectivity index (χ4n) is 3.52. The zero-order valence-electron chi connectivity index (χ0n) is 15.3. The molecule has 0 unspecified atom stereocenters. The van der Waals surface area contributed by atoms with E-state index >= 15 is 0 Å². The second-order valence-electron chi connectivity index (χ2n) is 6.66. The molecular formula is C20H20N4O3. The minimum absolute atomic E-state index is 0.0181. The predicted octanol–water partition coefficient (Wildman–Crippen LogP) is 3.00. The monoisotopic (exact) mass is 364 g/mol. The molecule has 0 aliphatic heterocycles. The lowest BCUT2D eigenvalue weighted by molar-refractivity contribution is 0.447. The molecule has 0 bridgehead atoms. The minimum atomic E-state index is -0.400. The van der Waals surface area contributed by atoms with Gasteiger partial charge < -0.3 is 14.8 Å². The number of aromatic amines is 1. The largest absolute Gasteiger partial charge is 0.508 e. The molecule has 0 saturated heterocycles. The summed E-state index contributed by atoms with van der Waals surface area (Å²) in [6.45, 7) is 3.92. The Hall–Kier alpha value is -3.48. The van der Waals surface area contributed by atoms with Crippen molar-refractivity contribution < 1.29 is 10.2 Å². The maximum Gasteiger partial charge on any atom is 0.348 e. The van der Waals surface area contributed by atoms with Gasteiger partial charge in [-0.05, 0) is 48.7 Å². The first kappa shape index (κ1) is 17.0. The third kappa shape index (κ3) is 2.59. The molecule has 0 saturated carbocycles. The van der Waals surface area contributed by atoms with E-state index in [1.807, 2.05) is 49.9 Å². The minimum Gasteiger partial charge on any atom is -0.508 e. The van der Waals surface area contributed by atoms with E-state index in [9.17, 15) is 15.0 Å². The Morgan fingerprint density at radius 1 is 1.15 bits per heavy atom. The fourth-order valence-corrected chi connectivity index (χ4v) is 3.52. The van der Waals surface area contributed by atoms with Crippen LogP contribution in [-0.2, 0) is 13.5 Å². The summed E-state index contributed by atoms with van der Waals surface area (Å²) >= 11 is 0. The van der Waals surface area contributed by atoms with Crippen molar-refractivity contribution in [2.24, 2.45) is 7.05 Å². The number of aromatic nitrogens is 4. The highest BCUT2D eigenvalue weighted by molar-refractivity contribution is 5.86. The summed E-state index contributed by atoms with van der Waals surface area (Å²) in [4.78, 5) is 12.5.